The first kappa shape index (κ1) is 19.9. The number of thioether (sulfide) groups is 1. The summed E-state index contributed by atoms with van der Waals surface area (Å²) >= 11 is 7.52. The van der Waals surface area contributed by atoms with Crippen molar-refractivity contribution in [2.45, 2.75) is 24.5 Å². The van der Waals surface area contributed by atoms with Gasteiger partial charge in [0.05, 0.1) is 24.6 Å². The number of rotatable bonds is 8. The quantitative estimate of drug-likeness (QED) is 0.480. The summed E-state index contributed by atoms with van der Waals surface area (Å²) in [6.45, 7) is 0.629. The minimum atomic E-state index is -0.189. The molecule has 0 unspecified atom stereocenters. The van der Waals surface area contributed by atoms with Crippen LogP contribution in [-0.4, -0.2) is 20.5 Å². The Kier molecular flexibility index (Phi) is 7.08. The molecule has 0 spiro atoms. The van der Waals surface area contributed by atoms with Gasteiger partial charge in [-0.3, -0.25) is 4.57 Å². The summed E-state index contributed by atoms with van der Waals surface area (Å²) in [5.74, 6) is 1.14. The molecule has 28 heavy (non-hydrogen) atoms. The van der Waals surface area contributed by atoms with Crippen molar-refractivity contribution in [2.75, 3.05) is 5.75 Å². The molecule has 0 bridgehead atoms. The molecule has 140 valence electrons. The zero-order chi connectivity index (χ0) is 19.8. The lowest BCUT2D eigenvalue weighted by atomic mass is 10.1. The molecule has 1 atom stereocenters. The van der Waals surface area contributed by atoms with Gasteiger partial charge in [0.15, 0.2) is 11.0 Å². The number of halogens is 1. The van der Waals surface area contributed by atoms with Crippen molar-refractivity contribution in [1.29, 1.82) is 10.5 Å². The van der Waals surface area contributed by atoms with Crippen LogP contribution in [-0.2, 0) is 6.54 Å². The first-order chi connectivity index (χ1) is 13.7. The number of nitriles is 2. The topological polar surface area (TPSA) is 78.3 Å². The van der Waals surface area contributed by atoms with Gasteiger partial charge in [-0.25, -0.2) is 0 Å². The van der Waals surface area contributed by atoms with E-state index in [0.29, 0.717) is 30.2 Å². The van der Waals surface area contributed by atoms with Gasteiger partial charge >= 0.3 is 0 Å². The minimum Gasteiger partial charge on any atom is -0.298 e. The predicted molar refractivity (Wildman–Crippen MR) is 111 cm³/mol. The molecule has 0 aliphatic heterocycles. The zero-order valence-electron chi connectivity index (χ0n) is 15.1. The maximum Gasteiger partial charge on any atom is 0.191 e. The third-order valence-corrected chi connectivity index (χ3v) is 5.58. The van der Waals surface area contributed by atoms with Crippen LogP contribution in [0.1, 0.15) is 18.4 Å². The Labute approximate surface area is 173 Å². The van der Waals surface area contributed by atoms with E-state index in [1.54, 1.807) is 0 Å². The summed E-state index contributed by atoms with van der Waals surface area (Å²) in [5.41, 5.74) is 2.07. The SMILES string of the molecule is N#CCC[C@H](C#N)CSc1nnc(-c2ccc(Cl)cc2)n1Cc1ccccc1. The molecular weight excluding hydrogens is 390 g/mol. The summed E-state index contributed by atoms with van der Waals surface area (Å²) < 4.78 is 2.06. The van der Waals surface area contributed by atoms with Crippen molar-refractivity contribution < 1.29 is 0 Å². The van der Waals surface area contributed by atoms with Gasteiger partial charge in [-0.1, -0.05) is 53.7 Å². The molecule has 0 aliphatic rings. The van der Waals surface area contributed by atoms with Crippen molar-refractivity contribution in [3.8, 4) is 23.5 Å². The normalized spacial score (nSPS) is 11.5. The molecule has 1 heterocycles. The minimum absolute atomic E-state index is 0.189. The summed E-state index contributed by atoms with van der Waals surface area (Å²) in [4.78, 5) is 0. The second kappa shape index (κ2) is 9.94. The van der Waals surface area contributed by atoms with E-state index in [2.05, 4.69) is 39.0 Å². The highest BCUT2D eigenvalue weighted by Gasteiger charge is 2.17. The fourth-order valence-electron chi connectivity index (χ4n) is 2.72. The second-order valence-electron chi connectivity index (χ2n) is 6.22. The number of hydrogen-bond acceptors (Lipinski definition) is 5. The third kappa shape index (κ3) is 5.13. The maximum atomic E-state index is 9.32. The van der Waals surface area contributed by atoms with E-state index in [1.807, 2.05) is 42.5 Å². The maximum absolute atomic E-state index is 9.32. The molecule has 0 fully saturated rings. The average molecular weight is 408 g/mol. The van der Waals surface area contributed by atoms with Gasteiger partial charge in [0.25, 0.3) is 0 Å². The summed E-state index contributed by atoms with van der Waals surface area (Å²) in [6.07, 6.45) is 0.947. The molecule has 0 saturated carbocycles. The molecule has 2 aromatic carbocycles. The van der Waals surface area contributed by atoms with Crippen LogP contribution in [0.2, 0.25) is 5.02 Å². The van der Waals surface area contributed by atoms with Gasteiger partial charge < -0.3 is 0 Å². The lowest BCUT2D eigenvalue weighted by Crippen LogP contribution is -2.06. The number of hydrogen-bond donors (Lipinski definition) is 0. The van der Waals surface area contributed by atoms with Crippen molar-refractivity contribution in [3.05, 3.63) is 65.2 Å². The molecule has 0 radical (unpaired) electrons. The summed E-state index contributed by atoms with van der Waals surface area (Å²) in [7, 11) is 0. The highest BCUT2D eigenvalue weighted by atomic mass is 35.5. The Hall–Kier alpha value is -2.80. The monoisotopic (exact) mass is 407 g/mol. The number of aromatic nitrogens is 3. The van der Waals surface area contributed by atoms with E-state index in [-0.39, 0.29) is 5.92 Å². The number of benzene rings is 2. The fraction of sp³-hybridized carbons (Fsp3) is 0.238. The molecule has 3 rings (SSSR count). The average Bonchev–Trinajstić information content (AvgIpc) is 3.12. The molecule has 7 heteroatoms. The Bertz CT molecular complexity index is 986. The Morgan fingerprint density at radius 1 is 1.04 bits per heavy atom. The van der Waals surface area contributed by atoms with Gasteiger partial charge in [-0.05, 0) is 36.2 Å². The van der Waals surface area contributed by atoms with Crippen molar-refractivity contribution >= 4 is 23.4 Å². The van der Waals surface area contributed by atoms with E-state index in [4.69, 9.17) is 16.9 Å². The second-order valence-corrected chi connectivity index (χ2v) is 7.64. The molecule has 3 aromatic rings. The summed E-state index contributed by atoms with van der Waals surface area (Å²) in [6, 6.07) is 22.0. The van der Waals surface area contributed by atoms with Gasteiger partial charge in [-0.15, -0.1) is 10.2 Å². The van der Waals surface area contributed by atoms with Gasteiger partial charge in [0.2, 0.25) is 0 Å². The van der Waals surface area contributed by atoms with E-state index in [1.165, 1.54) is 11.8 Å². The van der Waals surface area contributed by atoms with Gasteiger partial charge in [0, 0.05) is 22.8 Å². The van der Waals surface area contributed by atoms with Crippen molar-refractivity contribution in [1.82, 2.24) is 14.8 Å². The van der Waals surface area contributed by atoms with Crippen LogP contribution < -0.4 is 0 Å². The molecule has 0 amide bonds. The molecule has 0 saturated heterocycles. The summed E-state index contributed by atoms with van der Waals surface area (Å²) in [5, 5.41) is 28.2. The van der Waals surface area contributed by atoms with Crippen molar-refractivity contribution in [3.63, 3.8) is 0 Å². The van der Waals surface area contributed by atoms with E-state index >= 15 is 0 Å². The molecule has 5 nitrogen and oxygen atoms in total. The smallest absolute Gasteiger partial charge is 0.191 e. The van der Waals surface area contributed by atoms with Crippen molar-refractivity contribution in [2.24, 2.45) is 5.92 Å². The lowest BCUT2D eigenvalue weighted by molar-refractivity contribution is 0.677. The van der Waals surface area contributed by atoms with Crippen LogP contribution in [0.4, 0.5) is 0 Å². The third-order valence-electron chi connectivity index (χ3n) is 4.20. The van der Waals surface area contributed by atoms with Crippen LogP contribution in [0.25, 0.3) is 11.4 Å². The highest BCUT2D eigenvalue weighted by Crippen LogP contribution is 2.28. The van der Waals surface area contributed by atoms with Crippen LogP contribution in [0.15, 0.2) is 59.8 Å². The highest BCUT2D eigenvalue weighted by molar-refractivity contribution is 7.99. The Morgan fingerprint density at radius 2 is 1.79 bits per heavy atom. The van der Waals surface area contributed by atoms with Crippen LogP contribution in [0.3, 0.4) is 0 Å². The standard InChI is InChI=1S/C21H18ClN5S/c22-19-10-8-18(9-11-19)20-25-26-21(28-15-17(13-24)7-4-12-23)27(20)14-16-5-2-1-3-6-16/h1-3,5-6,8-11,17H,4,7,14-15H2/t17-/m1/s1. The fourth-order valence-corrected chi connectivity index (χ4v) is 3.84. The van der Waals surface area contributed by atoms with Gasteiger partial charge in [-0.2, -0.15) is 10.5 Å². The molecule has 1 aromatic heterocycles. The van der Waals surface area contributed by atoms with Crippen LogP contribution in [0.5, 0.6) is 0 Å². The lowest BCUT2D eigenvalue weighted by Gasteiger charge is -2.11. The Morgan fingerprint density at radius 3 is 2.46 bits per heavy atom. The van der Waals surface area contributed by atoms with Gasteiger partial charge in [0.1, 0.15) is 0 Å². The van der Waals surface area contributed by atoms with E-state index in [0.717, 1.165) is 22.1 Å². The molecular formula is C21H18ClN5S. The van der Waals surface area contributed by atoms with Crippen LogP contribution in [0, 0.1) is 28.6 Å². The molecule has 0 N–H and O–H groups in total. The molecule has 0 aliphatic carbocycles. The Balaban J connectivity index is 1.88. The number of nitrogens with zero attached hydrogens (tertiary/aromatic N) is 5. The first-order valence-electron chi connectivity index (χ1n) is 8.83. The largest absolute Gasteiger partial charge is 0.298 e. The van der Waals surface area contributed by atoms with E-state index < -0.39 is 0 Å². The zero-order valence-corrected chi connectivity index (χ0v) is 16.7. The van der Waals surface area contributed by atoms with E-state index in [9.17, 15) is 5.26 Å². The first-order valence-corrected chi connectivity index (χ1v) is 10.2. The van der Waals surface area contributed by atoms with Crippen LogP contribution >= 0.6 is 23.4 Å². The predicted octanol–water partition coefficient (Wildman–Crippen LogP) is 5.18.